The fourth-order valence-electron chi connectivity index (χ4n) is 2.00. The molecule has 0 unspecified atom stereocenters. The van der Waals surface area contributed by atoms with Gasteiger partial charge in [-0.2, -0.15) is 5.10 Å². The number of hydrogen-bond donors (Lipinski definition) is 1. The van der Waals surface area contributed by atoms with E-state index in [0.717, 1.165) is 17.1 Å². The largest absolute Gasteiger partial charge is 0.343 e. The average molecular weight is 277 g/mol. The van der Waals surface area contributed by atoms with E-state index in [1.807, 2.05) is 44.5 Å². The molecule has 5 heteroatoms. The molecule has 19 heavy (non-hydrogen) atoms. The van der Waals surface area contributed by atoms with Crippen LogP contribution in [0.2, 0.25) is 0 Å². The van der Waals surface area contributed by atoms with Crippen molar-refractivity contribution < 1.29 is 4.79 Å². The number of nitrogens with one attached hydrogen (secondary N) is 1. The van der Waals surface area contributed by atoms with E-state index >= 15 is 0 Å². The molecule has 2 aromatic rings. The third-order valence-corrected chi connectivity index (χ3v) is 4.38. The molecule has 0 saturated carbocycles. The molecule has 0 radical (unpaired) electrons. The molecule has 1 N–H and O–H groups in total. The van der Waals surface area contributed by atoms with Crippen LogP contribution in [-0.2, 0) is 6.54 Å². The molecule has 1 amide bonds. The molecule has 2 aromatic heterocycles. The predicted molar refractivity (Wildman–Crippen MR) is 77.6 cm³/mol. The smallest absolute Gasteiger partial charge is 0.261 e. The predicted octanol–water partition coefficient (Wildman–Crippen LogP) is 3.07. The van der Waals surface area contributed by atoms with Crippen molar-refractivity contribution in [2.45, 2.75) is 40.3 Å². The summed E-state index contributed by atoms with van der Waals surface area (Å²) in [5, 5.41) is 7.25. The highest BCUT2D eigenvalue weighted by atomic mass is 32.1. The van der Waals surface area contributed by atoms with Crippen LogP contribution >= 0.6 is 11.3 Å². The summed E-state index contributed by atoms with van der Waals surface area (Å²) in [6.07, 6.45) is 1.76. The van der Waals surface area contributed by atoms with Crippen molar-refractivity contribution in [2.24, 2.45) is 0 Å². The molecule has 0 bridgehead atoms. The van der Waals surface area contributed by atoms with E-state index in [9.17, 15) is 4.79 Å². The summed E-state index contributed by atoms with van der Waals surface area (Å²) in [5.41, 5.74) is 2.20. The number of amides is 1. The molecule has 0 aliphatic heterocycles. The number of carbonyl (C=O) groups excluding carboxylic acids is 1. The van der Waals surface area contributed by atoms with Gasteiger partial charge >= 0.3 is 0 Å². The summed E-state index contributed by atoms with van der Waals surface area (Å²) < 4.78 is 1.90. The first-order valence-corrected chi connectivity index (χ1v) is 7.24. The standard InChI is InChI=1S/C14H19N3OS/c1-5-17-12(6-7-15-17)10(3)16-14(18)13-8-9(2)11(4)19-13/h6-8,10H,5H2,1-4H3,(H,16,18)/t10-/m0/s1. The molecular weight excluding hydrogens is 258 g/mol. The van der Waals surface area contributed by atoms with Gasteiger partial charge in [0.05, 0.1) is 16.6 Å². The van der Waals surface area contributed by atoms with Gasteiger partial charge in [0.1, 0.15) is 0 Å². The molecule has 0 saturated heterocycles. The normalized spacial score (nSPS) is 12.4. The lowest BCUT2D eigenvalue weighted by Gasteiger charge is -2.14. The van der Waals surface area contributed by atoms with Crippen molar-refractivity contribution >= 4 is 17.2 Å². The Morgan fingerprint density at radius 1 is 1.53 bits per heavy atom. The first-order chi connectivity index (χ1) is 9.02. The van der Waals surface area contributed by atoms with E-state index in [0.29, 0.717) is 0 Å². The van der Waals surface area contributed by atoms with Crippen molar-refractivity contribution in [3.05, 3.63) is 39.3 Å². The van der Waals surface area contributed by atoms with E-state index in [1.54, 1.807) is 6.20 Å². The van der Waals surface area contributed by atoms with E-state index < -0.39 is 0 Å². The maximum atomic E-state index is 12.2. The Kier molecular flexibility index (Phi) is 4.04. The molecule has 0 aromatic carbocycles. The molecule has 0 fully saturated rings. The Bertz CT molecular complexity index is 566. The van der Waals surface area contributed by atoms with Gasteiger partial charge in [-0.1, -0.05) is 0 Å². The maximum Gasteiger partial charge on any atom is 0.261 e. The fraction of sp³-hybridized carbons (Fsp3) is 0.429. The number of rotatable bonds is 4. The second-order valence-electron chi connectivity index (χ2n) is 4.62. The summed E-state index contributed by atoms with van der Waals surface area (Å²) in [6, 6.07) is 3.84. The molecule has 2 rings (SSSR count). The number of aromatic nitrogens is 2. The number of hydrogen-bond acceptors (Lipinski definition) is 3. The van der Waals surface area contributed by atoms with Crippen molar-refractivity contribution in [3.63, 3.8) is 0 Å². The van der Waals surface area contributed by atoms with Gasteiger partial charge in [-0.05, 0) is 45.4 Å². The van der Waals surface area contributed by atoms with E-state index in [1.165, 1.54) is 21.8 Å². The molecular formula is C14H19N3OS. The van der Waals surface area contributed by atoms with Crippen LogP contribution in [0.25, 0.3) is 0 Å². The monoisotopic (exact) mass is 277 g/mol. The Balaban J connectivity index is 2.10. The van der Waals surface area contributed by atoms with Crippen molar-refractivity contribution in [3.8, 4) is 0 Å². The minimum absolute atomic E-state index is 0.0162. The molecule has 4 nitrogen and oxygen atoms in total. The third kappa shape index (κ3) is 2.87. The quantitative estimate of drug-likeness (QED) is 0.933. The van der Waals surface area contributed by atoms with Crippen LogP contribution in [0, 0.1) is 13.8 Å². The average Bonchev–Trinajstić information content (AvgIpc) is 2.96. The fourth-order valence-corrected chi connectivity index (χ4v) is 2.94. The number of carbonyl (C=O) groups is 1. The zero-order valence-corrected chi connectivity index (χ0v) is 12.5. The van der Waals surface area contributed by atoms with Crippen LogP contribution in [0.15, 0.2) is 18.3 Å². The first-order valence-electron chi connectivity index (χ1n) is 6.42. The van der Waals surface area contributed by atoms with Crippen LogP contribution in [-0.4, -0.2) is 15.7 Å². The van der Waals surface area contributed by atoms with Crippen LogP contribution in [0.4, 0.5) is 0 Å². The van der Waals surface area contributed by atoms with Gasteiger partial charge < -0.3 is 5.32 Å². The summed E-state index contributed by atoms with van der Waals surface area (Å²) in [5.74, 6) is -0.0162. The minimum atomic E-state index is -0.0438. The van der Waals surface area contributed by atoms with Gasteiger partial charge in [-0.25, -0.2) is 0 Å². The third-order valence-electron chi connectivity index (χ3n) is 3.23. The molecule has 0 aliphatic carbocycles. The van der Waals surface area contributed by atoms with Crippen molar-refractivity contribution in [2.75, 3.05) is 0 Å². The van der Waals surface area contributed by atoms with Crippen LogP contribution in [0.1, 0.15) is 45.7 Å². The lowest BCUT2D eigenvalue weighted by atomic mass is 10.2. The Morgan fingerprint density at radius 2 is 2.26 bits per heavy atom. The van der Waals surface area contributed by atoms with Gasteiger partial charge in [-0.15, -0.1) is 11.3 Å². The van der Waals surface area contributed by atoms with E-state index in [-0.39, 0.29) is 11.9 Å². The van der Waals surface area contributed by atoms with Crippen LogP contribution < -0.4 is 5.32 Å². The summed E-state index contributed by atoms with van der Waals surface area (Å²) >= 11 is 1.54. The van der Waals surface area contributed by atoms with Gasteiger partial charge in [-0.3, -0.25) is 9.48 Å². The molecule has 0 aliphatic rings. The first kappa shape index (κ1) is 13.8. The van der Waals surface area contributed by atoms with Gasteiger partial charge in [0, 0.05) is 17.6 Å². The number of nitrogens with zero attached hydrogens (tertiary/aromatic N) is 2. The van der Waals surface area contributed by atoms with Crippen molar-refractivity contribution in [1.29, 1.82) is 0 Å². The minimum Gasteiger partial charge on any atom is -0.343 e. The summed E-state index contributed by atoms with van der Waals surface area (Å²) in [4.78, 5) is 14.1. The lowest BCUT2D eigenvalue weighted by Crippen LogP contribution is -2.27. The Morgan fingerprint density at radius 3 is 2.84 bits per heavy atom. The lowest BCUT2D eigenvalue weighted by molar-refractivity contribution is 0.0942. The van der Waals surface area contributed by atoms with Crippen molar-refractivity contribution in [1.82, 2.24) is 15.1 Å². The molecule has 102 valence electrons. The molecule has 0 spiro atoms. The highest BCUT2D eigenvalue weighted by Crippen LogP contribution is 2.21. The number of aryl methyl sites for hydroxylation is 3. The number of thiophene rings is 1. The van der Waals surface area contributed by atoms with E-state index in [2.05, 4.69) is 10.4 Å². The topological polar surface area (TPSA) is 46.9 Å². The molecule has 2 heterocycles. The second-order valence-corrected chi connectivity index (χ2v) is 5.87. The van der Waals surface area contributed by atoms with Gasteiger partial charge in [0.2, 0.25) is 0 Å². The van der Waals surface area contributed by atoms with Gasteiger partial charge in [0.25, 0.3) is 5.91 Å². The Labute approximate surface area is 117 Å². The summed E-state index contributed by atoms with van der Waals surface area (Å²) in [6.45, 7) is 8.88. The van der Waals surface area contributed by atoms with E-state index in [4.69, 9.17) is 0 Å². The van der Waals surface area contributed by atoms with Crippen LogP contribution in [0.5, 0.6) is 0 Å². The summed E-state index contributed by atoms with van der Waals surface area (Å²) in [7, 11) is 0. The van der Waals surface area contributed by atoms with Gasteiger partial charge in [0.15, 0.2) is 0 Å². The Hall–Kier alpha value is -1.62. The highest BCUT2D eigenvalue weighted by molar-refractivity contribution is 7.14. The second kappa shape index (κ2) is 5.57. The highest BCUT2D eigenvalue weighted by Gasteiger charge is 2.16. The zero-order chi connectivity index (χ0) is 14.0. The maximum absolute atomic E-state index is 12.2. The SMILES string of the molecule is CCn1nccc1[C@H](C)NC(=O)c1cc(C)c(C)s1. The van der Waals surface area contributed by atoms with Crippen LogP contribution in [0.3, 0.4) is 0 Å². The molecule has 1 atom stereocenters. The zero-order valence-electron chi connectivity index (χ0n) is 11.7.